The fourth-order valence-corrected chi connectivity index (χ4v) is 2.24. The second-order valence-electron chi connectivity index (χ2n) is 5.17. The van der Waals surface area contributed by atoms with Gasteiger partial charge in [0.25, 0.3) is 0 Å². The van der Waals surface area contributed by atoms with E-state index in [-0.39, 0.29) is 0 Å². The lowest BCUT2D eigenvalue weighted by Gasteiger charge is -2.10. The molecule has 0 saturated heterocycles. The normalized spacial score (nSPS) is 10.8. The molecule has 0 amide bonds. The summed E-state index contributed by atoms with van der Waals surface area (Å²) in [6, 6.07) is 9.61. The number of nitrogens with two attached hydrogens (primary N) is 1. The van der Waals surface area contributed by atoms with Crippen molar-refractivity contribution in [3.8, 4) is 0 Å². The summed E-state index contributed by atoms with van der Waals surface area (Å²) in [5, 5.41) is 0.729. The summed E-state index contributed by atoms with van der Waals surface area (Å²) in [6.45, 7) is 4.32. The predicted molar refractivity (Wildman–Crippen MR) is 82.6 cm³/mol. The van der Waals surface area contributed by atoms with Crippen molar-refractivity contribution < 1.29 is 0 Å². The monoisotopic (exact) mass is 290 g/mol. The molecule has 1 aromatic heterocycles. The molecule has 0 fully saturated rings. The Kier molecular flexibility index (Phi) is 4.93. The van der Waals surface area contributed by atoms with Crippen LogP contribution in [-0.2, 0) is 12.8 Å². The maximum absolute atomic E-state index is 6.18. The van der Waals surface area contributed by atoms with Crippen LogP contribution in [0, 0.1) is 5.92 Å². The van der Waals surface area contributed by atoms with Gasteiger partial charge in [0, 0.05) is 23.2 Å². The molecule has 3 N–H and O–H groups in total. The first-order valence-corrected chi connectivity index (χ1v) is 7.03. The molecule has 0 aliphatic heterocycles. The molecule has 0 aliphatic rings. The summed E-state index contributed by atoms with van der Waals surface area (Å²) in [6.07, 6.45) is 1.49. The number of nitrogen functional groups attached to an aromatic ring is 1. The van der Waals surface area contributed by atoms with Crippen LogP contribution in [0.3, 0.4) is 0 Å². The Morgan fingerprint density at radius 3 is 2.65 bits per heavy atom. The van der Waals surface area contributed by atoms with E-state index in [1.54, 1.807) is 0 Å². The van der Waals surface area contributed by atoms with Crippen molar-refractivity contribution in [1.29, 1.82) is 0 Å². The molecule has 1 aromatic carbocycles. The second kappa shape index (κ2) is 6.68. The Labute approximate surface area is 124 Å². The third-order valence-electron chi connectivity index (χ3n) is 2.90. The number of benzene rings is 1. The SMILES string of the molecule is CC(C)Cc1cc(NN)nc(Cc2ccccc2Cl)n1. The quantitative estimate of drug-likeness (QED) is 0.656. The molecule has 0 aliphatic carbocycles. The molecular weight excluding hydrogens is 272 g/mol. The summed E-state index contributed by atoms with van der Waals surface area (Å²) in [5.74, 6) is 7.37. The lowest BCUT2D eigenvalue weighted by molar-refractivity contribution is 0.631. The van der Waals surface area contributed by atoms with Crippen LogP contribution in [-0.4, -0.2) is 9.97 Å². The highest BCUT2D eigenvalue weighted by molar-refractivity contribution is 6.31. The van der Waals surface area contributed by atoms with Crippen LogP contribution in [0.15, 0.2) is 30.3 Å². The first kappa shape index (κ1) is 14.8. The van der Waals surface area contributed by atoms with E-state index in [1.165, 1.54) is 0 Å². The van der Waals surface area contributed by atoms with Gasteiger partial charge in [0.15, 0.2) is 0 Å². The topological polar surface area (TPSA) is 63.8 Å². The fourth-order valence-electron chi connectivity index (χ4n) is 2.04. The van der Waals surface area contributed by atoms with Gasteiger partial charge in [-0.15, -0.1) is 0 Å². The Balaban J connectivity index is 2.29. The molecule has 0 atom stereocenters. The number of halogens is 1. The van der Waals surface area contributed by atoms with Crippen molar-refractivity contribution in [1.82, 2.24) is 9.97 Å². The number of hydrazine groups is 1. The van der Waals surface area contributed by atoms with Gasteiger partial charge in [-0.05, 0) is 24.0 Å². The van der Waals surface area contributed by atoms with Gasteiger partial charge < -0.3 is 5.43 Å². The Morgan fingerprint density at radius 2 is 2.00 bits per heavy atom. The van der Waals surface area contributed by atoms with Crippen LogP contribution in [0.25, 0.3) is 0 Å². The van der Waals surface area contributed by atoms with Gasteiger partial charge in [-0.1, -0.05) is 43.6 Å². The van der Waals surface area contributed by atoms with Crippen molar-refractivity contribution in [2.45, 2.75) is 26.7 Å². The minimum Gasteiger partial charge on any atom is -0.308 e. The van der Waals surface area contributed by atoms with Gasteiger partial charge in [-0.3, -0.25) is 0 Å². The van der Waals surface area contributed by atoms with E-state index in [4.69, 9.17) is 17.4 Å². The molecule has 0 radical (unpaired) electrons. The van der Waals surface area contributed by atoms with Crippen LogP contribution in [0.2, 0.25) is 5.02 Å². The van der Waals surface area contributed by atoms with Gasteiger partial charge in [0.2, 0.25) is 0 Å². The van der Waals surface area contributed by atoms with Crippen molar-refractivity contribution in [3.63, 3.8) is 0 Å². The first-order valence-electron chi connectivity index (χ1n) is 6.65. The van der Waals surface area contributed by atoms with E-state index in [2.05, 4.69) is 29.2 Å². The van der Waals surface area contributed by atoms with Gasteiger partial charge in [0.1, 0.15) is 11.6 Å². The van der Waals surface area contributed by atoms with Gasteiger partial charge in [0.05, 0.1) is 0 Å². The molecule has 2 aromatic rings. The Hall–Kier alpha value is -1.65. The number of nitrogens with zero attached hydrogens (tertiary/aromatic N) is 2. The van der Waals surface area contributed by atoms with E-state index in [0.29, 0.717) is 18.2 Å². The zero-order chi connectivity index (χ0) is 14.5. The van der Waals surface area contributed by atoms with E-state index < -0.39 is 0 Å². The highest BCUT2D eigenvalue weighted by Gasteiger charge is 2.08. The lowest BCUT2D eigenvalue weighted by Crippen LogP contribution is -2.12. The van der Waals surface area contributed by atoms with E-state index >= 15 is 0 Å². The number of aromatic nitrogens is 2. The standard InChI is InChI=1S/C15H19ClN4/c1-10(2)7-12-9-15(20-17)19-14(18-12)8-11-5-3-4-6-13(11)16/h3-6,9-10H,7-8,17H2,1-2H3,(H,18,19,20). The minimum atomic E-state index is 0.531. The highest BCUT2D eigenvalue weighted by atomic mass is 35.5. The summed E-state index contributed by atoms with van der Waals surface area (Å²) in [5.41, 5.74) is 4.60. The van der Waals surface area contributed by atoms with E-state index in [9.17, 15) is 0 Å². The van der Waals surface area contributed by atoms with Crippen LogP contribution >= 0.6 is 11.6 Å². The van der Waals surface area contributed by atoms with Crippen LogP contribution < -0.4 is 11.3 Å². The average molecular weight is 291 g/mol. The highest BCUT2D eigenvalue weighted by Crippen LogP contribution is 2.19. The molecule has 4 nitrogen and oxygen atoms in total. The number of hydrogen-bond acceptors (Lipinski definition) is 4. The minimum absolute atomic E-state index is 0.531. The third-order valence-corrected chi connectivity index (χ3v) is 3.27. The van der Waals surface area contributed by atoms with E-state index in [0.717, 1.165) is 28.5 Å². The van der Waals surface area contributed by atoms with Crippen molar-refractivity contribution in [2.75, 3.05) is 5.43 Å². The Bertz CT molecular complexity index is 584. The molecule has 0 bridgehead atoms. The smallest absolute Gasteiger partial charge is 0.143 e. The average Bonchev–Trinajstić information content (AvgIpc) is 2.40. The summed E-state index contributed by atoms with van der Waals surface area (Å²) in [7, 11) is 0. The summed E-state index contributed by atoms with van der Waals surface area (Å²) in [4.78, 5) is 8.98. The molecule has 106 valence electrons. The van der Waals surface area contributed by atoms with Crippen molar-refractivity contribution in [2.24, 2.45) is 11.8 Å². The number of nitrogens with one attached hydrogen (secondary N) is 1. The molecule has 1 heterocycles. The maximum atomic E-state index is 6.18. The zero-order valence-electron chi connectivity index (χ0n) is 11.7. The second-order valence-corrected chi connectivity index (χ2v) is 5.58. The lowest BCUT2D eigenvalue weighted by atomic mass is 10.1. The van der Waals surface area contributed by atoms with Gasteiger partial charge in [-0.25, -0.2) is 15.8 Å². The van der Waals surface area contributed by atoms with Crippen LogP contribution in [0.5, 0.6) is 0 Å². The van der Waals surface area contributed by atoms with Gasteiger partial charge >= 0.3 is 0 Å². The van der Waals surface area contributed by atoms with Gasteiger partial charge in [-0.2, -0.15) is 0 Å². The van der Waals surface area contributed by atoms with Crippen LogP contribution in [0.4, 0.5) is 5.82 Å². The fraction of sp³-hybridized carbons (Fsp3) is 0.333. The van der Waals surface area contributed by atoms with E-state index in [1.807, 2.05) is 30.3 Å². The summed E-state index contributed by atoms with van der Waals surface area (Å²) >= 11 is 6.18. The molecular formula is C15H19ClN4. The zero-order valence-corrected chi connectivity index (χ0v) is 12.5. The molecule has 2 rings (SSSR count). The molecule has 0 saturated carbocycles. The number of rotatable bonds is 5. The molecule has 5 heteroatoms. The van der Waals surface area contributed by atoms with Crippen molar-refractivity contribution in [3.05, 3.63) is 52.4 Å². The number of anilines is 1. The number of hydrogen-bond donors (Lipinski definition) is 2. The maximum Gasteiger partial charge on any atom is 0.143 e. The Morgan fingerprint density at radius 1 is 1.25 bits per heavy atom. The first-order chi connectivity index (χ1) is 9.58. The molecule has 0 spiro atoms. The molecule has 20 heavy (non-hydrogen) atoms. The van der Waals surface area contributed by atoms with Crippen molar-refractivity contribution >= 4 is 17.4 Å². The molecule has 0 unspecified atom stereocenters. The predicted octanol–water partition coefficient (Wildman–Crippen LogP) is 3.20. The largest absolute Gasteiger partial charge is 0.308 e. The van der Waals surface area contributed by atoms with Crippen LogP contribution in [0.1, 0.15) is 30.9 Å². The summed E-state index contributed by atoms with van der Waals surface area (Å²) < 4.78 is 0. The third kappa shape index (κ3) is 3.92.